The highest BCUT2D eigenvalue weighted by molar-refractivity contribution is 5.49. The topological polar surface area (TPSA) is 32.3 Å². The van der Waals surface area contributed by atoms with E-state index in [2.05, 4.69) is 90.2 Å². The standard InChI is InChI=1S/C28H27NO/c30-22-27(21-23-13-5-1-6-14-23)29-28(24-15-7-2-8-16-24,25-17-9-3-10-18-25)26-19-11-4-12-20-26/h1-20,27,29-30H,21-22H2/t27-/m0/s1. The molecule has 2 N–H and O–H groups in total. The maximum absolute atomic E-state index is 10.3. The Bertz CT molecular complexity index is 921. The molecule has 0 aliphatic carbocycles. The Kier molecular flexibility index (Phi) is 6.38. The van der Waals surface area contributed by atoms with Crippen molar-refractivity contribution in [2.75, 3.05) is 6.61 Å². The van der Waals surface area contributed by atoms with E-state index in [1.165, 1.54) is 5.56 Å². The van der Waals surface area contributed by atoms with Crippen LogP contribution in [0.1, 0.15) is 22.3 Å². The van der Waals surface area contributed by atoms with E-state index in [1.54, 1.807) is 0 Å². The molecule has 0 aliphatic heterocycles. The predicted octanol–water partition coefficient (Wildman–Crippen LogP) is 5.17. The zero-order valence-corrected chi connectivity index (χ0v) is 17.0. The monoisotopic (exact) mass is 393 g/mol. The summed E-state index contributed by atoms with van der Waals surface area (Å²) >= 11 is 0. The Labute approximate surface area is 178 Å². The van der Waals surface area contributed by atoms with Gasteiger partial charge >= 0.3 is 0 Å². The SMILES string of the molecule is OC[C@H](Cc1ccccc1)NC(c1ccccc1)(c1ccccc1)c1ccccc1. The minimum Gasteiger partial charge on any atom is -0.395 e. The molecule has 4 aromatic carbocycles. The molecule has 0 aliphatic rings. The maximum Gasteiger partial charge on any atom is 0.0950 e. The minimum atomic E-state index is -0.577. The van der Waals surface area contributed by atoms with Gasteiger partial charge in [-0.05, 0) is 28.7 Å². The number of hydrogen-bond donors (Lipinski definition) is 2. The highest BCUT2D eigenvalue weighted by Crippen LogP contribution is 2.37. The summed E-state index contributed by atoms with van der Waals surface area (Å²) < 4.78 is 0. The van der Waals surface area contributed by atoms with Crippen molar-refractivity contribution in [3.05, 3.63) is 144 Å². The van der Waals surface area contributed by atoms with Gasteiger partial charge in [0.15, 0.2) is 0 Å². The van der Waals surface area contributed by atoms with Gasteiger partial charge in [0.2, 0.25) is 0 Å². The molecule has 0 fully saturated rings. The molecule has 0 saturated heterocycles. The number of aliphatic hydroxyl groups excluding tert-OH is 1. The molecule has 30 heavy (non-hydrogen) atoms. The Morgan fingerprint density at radius 1 is 0.567 bits per heavy atom. The molecule has 0 radical (unpaired) electrons. The molecule has 0 saturated carbocycles. The summed E-state index contributed by atoms with van der Waals surface area (Å²) in [5.74, 6) is 0. The molecule has 0 bridgehead atoms. The normalized spacial score (nSPS) is 12.4. The summed E-state index contributed by atoms with van der Waals surface area (Å²) in [7, 11) is 0. The van der Waals surface area contributed by atoms with Crippen LogP contribution in [0.15, 0.2) is 121 Å². The van der Waals surface area contributed by atoms with Crippen molar-refractivity contribution >= 4 is 0 Å². The Hall–Kier alpha value is -3.20. The fraction of sp³-hybridized carbons (Fsp3) is 0.143. The van der Waals surface area contributed by atoms with Crippen molar-refractivity contribution < 1.29 is 5.11 Å². The molecular weight excluding hydrogens is 366 g/mol. The van der Waals surface area contributed by atoms with Crippen molar-refractivity contribution in [2.45, 2.75) is 18.0 Å². The lowest BCUT2D eigenvalue weighted by Gasteiger charge is -2.40. The first-order chi connectivity index (χ1) is 14.8. The van der Waals surface area contributed by atoms with Crippen LogP contribution < -0.4 is 5.32 Å². The molecule has 150 valence electrons. The smallest absolute Gasteiger partial charge is 0.0950 e. The van der Waals surface area contributed by atoms with Gasteiger partial charge in [0.1, 0.15) is 0 Å². The van der Waals surface area contributed by atoms with Gasteiger partial charge < -0.3 is 5.11 Å². The van der Waals surface area contributed by atoms with Gasteiger partial charge in [0.25, 0.3) is 0 Å². The number of aliphatic hydroxyl groups is 1. The highest BCUT2D eigenvalue weighted by atomic mass is 16.3. The van der Waals surface area contributed by atoms with E-state index in [9.17, 15) is 5.11 Å². The lowest BCUT2D eigenvalue weighted by molar-refractivity contribution is 0.221. The molecule has 0 amide bonds. The lowest BCUT2D eigenvalue weighted by atomic mass is 9.76. The van der Waals surface area contributed by atoms with Crippen molar-refractivity contribution in [3.63, 3.8) is 0 Å². The van der Waals surface area contributed by atoms with Crippen LogP contribution in [0.5, 0.6) is 0 Å². The average molecular weight is 394 g/mol. The summed E-state index contributed by atoms with van der Waals surface area (Å²) in [6.07, 6.45) is 0.742. The van der Waals surface area contributed by atoms with Crippen LogP contribution in [0.3, 0.4) is 0 Å². The maximum atomic E-state index is 10.3. The predicted molar refractivity (Wildman–Crippen MR) is 123 cm³/mol. The highest BCUT2D eigenvalue weighted by Gasteiger charge is 2.37. The van der Waals surface area contributed by atoms with Crippen LogP contribution in [0.25, 0.3) is 0 Å². The van der Waals surface area contributed by atoms with Gasteiger partial charge in [0.05, 0.1) is 12.1 Å². The van der Waals surface area contributed by atoms with Gasteiger partial charge in [-0.2, -0.15) is 0 Å². The number of benzene rings is 4. The van der Waals surface area contributed by atoms with E-state index >= 15 is 0 Å². The number of rotatable bonds is 8. The summed E-state index contributed by atoms with van der Waals surface area (Å²) in [6, 6.07) is 41.7. The van der Waals surface area contributed by atoms with Crippen molar-refractivity contribution in [1.29, 1.82) is 0 Å². The van der Waals surface area contributed by atoms with Gasteiger partial charge in [-0.3, -0.25) is 5.32 Å². The Balaban J connectivity index is 1.86. The quantitative estimate of drug-likeness (QED) is 0.405. The molecule has 0 heterocycles. The fourth-order valence-corrected chi connectivity index (χ4v) is 4.18. The van der Waals surface area contributed by atoms with Crippen LogP contribution in [0, 0.1) is 0 Å². The number of hydrogen-bond acceptors (Lipinski definition) is 2. The largest absolute Gasteiger partial charge is 0.395 e. The number of nitrogens with one attached hydrogen (secondary N) is 1. The van der Waals surface area contributed by atoms with E-state index in [4.69, 9.17) is 0 Å². The van der Waals surface area contributed by atoms with E-state index < -0.39 is 5.54 Å². The fourth-order valence-electron chi connectivity index (χ4n) is 4.18. The first-order valence-corrected chi connectivity index (χ1v) is 10.4. The molecule has 4 rings (SSSR count). The van der Waals surface area contributed by atoms with Crippen molar-refractivity contribution in [1.82, 2.24) is 5.32 Å². The second-order valence-corrected chi connectivity index (χ2v) is 7.56. The summed E-state index contributed by atoms with van der Waals surface area (Å²) in [5.41, 5.74) is 4.07. The average Bonchev–Trinajstić information content (AvgIpc) is 2.84. The first kappa shape index (κ1) is 20.1. The Morgan fingerprint density at radius 2 is 0.933 bits per heavy atom. The van der Waals surface area contributed by atoms with Crippen LogP contribution in [-0.4, -0.2) is 17.8 Å². The van der Waals surface area contributed by atoms with E-state index in [1.807, 2.05) is 36.4 Å². The minimum absolute atomic E-state index is 0.0448. The van der Waals surface area contributed by atoms with E-state index in [-0.39, 0.29) is 12.6 Å². The molecule has 2 heteroatoms. The lowest BCUT2D eigenvalue weighted by Crippen LogP contribution is -2.51. The molecule has 4 aromatic rings. The third kappa shape index (κ3) is 4.20. The third-order valence-corrected chi connectivity index (χ3v) is 5.59. The van der Waals surface area contributed by atoms with Crippen molar-refractivity contribution in [3.8, 4) is 0 Å². The van der Waals surface area contributed by atoms with Crippen LogP contribution >= 0.6 is 0 Å². The Morgan fingerprint density at radius 3 is 1.30 bits per heavy atom. The molecule has 0 spiro atoms. The van der Waals surface area contributed by atoms with Crippen LogP contribution in [-0.2, 0) is 12.0 Å². The first-order valence-electron chi connectivity index (χ1n) is 10.4. The summed E-state index contributed by atoms with van der Waals surface area (Å²) in [5, 5.41) is 14.2. The zero-order valence-electron chi connectivity index (χ0n) is 17.0. The van der Waals surface area contributed by atoms with E-state index in [0.29, 0.717) is 0 Å². The van der Waals surface area contributed by atoms with Crippen LogP contribution in [0.2, 0.25) is 0 Å². The molecule has 1 atom stereocenters. The van der Waals surface area contributed by atoms with E-state index in [0.717, 1.165) is 23.1 Å². The second-order valence-electron chi connectivity index (χ2n) is 7.56. The molecular formula is C28H27NO. The summed E-state index contributed by atoms with van der Waals surface area (Å²) in [4.78, 5) is 0. The van der Waals surface area contributed by atoms with Gasteiger partial charge in [-0.25, -0.2) is 0 Å². The molecule has 0 aromatic heterocycles. The van der Waals surface area contributed by atoms with Gasteiger partial charge in [-0.1, -0.05) is 121 Å². The molecule has 2 nitrogen and oxygen atoms in total. The van der Waals surface area contributed by atoms with Crippen LogP contribution in [0.4, 0.5) is 0 Å². The van der Waals surface area contributed by atoms with Gasteiger partial charge in [-0.15, -0.1) is 0 Å². The third-order valence-electron chi connectivity index (χ3n) is 5.59. The molecule has 0 unspecified atom stereocenters. The zero-order chi connectivity index (χ0) is 20.7. The second kappa shape index (κ2) is 9.53. The van der Waals surface area contributed by atoms with Gasteiger partial charge in [0, 0.05) is 6.04 Å². The summed E-state index contributed by atoms with van der Waals surface area (Å²) in [6.45, 7) is 0.0448. The van der Waals surface area contributed by atoms with Crippen molar-refractivity contribution in [2.24, 2.45) is 0 Å².